The summed E-state index contributed by atoms with van der Waals surface area (Å²) in [4.78, 5) is 0. The largest absolute Gasteiger partial charge is 0.454 e. The molecular formula is C10H10O3. The van der Waals surface area contributed by atoms with Crippen LogP contribution < -0.4 is 9.47 Å². The summed E-state index contributed by atoms with van der Waals surface area (Å²) in [6, 6.07) is 4.01. The molecule has 0 saturated carbocycles. The summed E-state index contributed by atoms with van der Waals surface area (Å²) in [6.07, 6.45) is 0.932. The predicted molar refractivity (Wildman–Crippen MR) is 45.9 cm³/mol. The van der Waals surface area contributed by atoms with Gasteiger partial charge >= 0.3 is 0 Å². The zero-order valence-electron chi connectivity index (χ0n) is 7.21. The van der Waals surface area contributed by atoms with Gasteiger partial charge in [0.15, 0.2) is 11.5 Å². The molecule has 0 bridgehead atoms. The third-order valence-corrected chi connectivity index (χ3v) is 2.49. The summed E-state index contributed by atoms with van der Waals surface area (Å²) in [5.41, 5.74) is 2.50. The summed E-state index contributed by atoms with van der Waals surface area (Å²) in [6.45, 7) is 1.84. The molecule has 0 N–H and O–H groups in total. The minimum Gasteiger partial charge on any atom is -0.454 e. The van der Waals surface area contributed by atoms with E-state index >= 15 is 0 Å². The van der Waals surface area contributed by atoms with Crippen LogP contribution in [0.15, 0.2) is 12.1 Å². The van der Waals surface area contributed by atoms with Crippen LogP contribution in [0.25, 0.3) is 0 Å². The number of fused-ring (bicyclic) bond motifs is 3. The van der Waals surface area contributed by atoms with Gasteiger partial charge in [-0.05, 0) is 18.1 Å². The van der Waals surface area contributed by atoms with Gasteiger partial charge in [-0.2, -0.15) is 0 Å². The van der Waals surface area contributed by atoms with E-state index in [1.165, 1.54) is 11.1 Å². The predicted octanol–water partition coefficient (Wildman–Crippen LogP) is 1.49. The quantitative estimate of drug-likeness (QED) is 0.602. The summed E-state index contributed by atoms with van der Waals surface area (Å²) in [5, 5.41) is 0. The highest BCUT2D eigenvalue weighted by atomic mass is 16.7. The molecule has 0 atom stereocenters. The van der Waals surface area contributed by atoms with Gasteiger partial charge < -0.3 is 14.2 Å². The molecule has 2 aliphatic rings. The first-order chi connectivity index (χ1) is 6.45. The maximum atomic E-state index is 5.42. The van der Waals surface area contributed by atoms with Gasteiger partial charge in [-0.15, -0.1) is 0 Å². The molecule has 0 aromatic heterocycles. The van der Waals surface area contributed by atoms with Gasteiger partial charge in [-0.1, -0.05) is 6.07 Å². The maximum Gasteiger partial charge on any atom is 0.231 e. The lowest BCUT2D eigenvalue weighted by molar-refractivity contribution is 0.109. The zero-order chi connectivity index (χ0) is 8.67. The molecule has 13 heavy (non-hydrogen) atoms. The molecule has 0 unspecified atom stereocenters. The Hall–Kier alpha value is -1.22. The maximum absolute atomic E-state index is 5.42. The monoisotopic (exact) mass is 178 g/mol. The van der Waals surface area contributed by atoms with Crippen molar-refractivity contribution in [1.29, 1.82) is 0 Å². The van der Waals surface area contributed by atoms with E-state index < -0.39 is 0 Å². The van der Waals surface area contributed by atoms with Crippen LogP contribution >= 0.6 is 0 Å². The van der Waals surface area contributed by atoms with Crippen molar-refractivity contribution in [3.05, 3.63) is 23.3 Å². The van der Waals surface area contributed by atoms with Crippen LogP contribution in [0.1, 0.15) is 11.1 Å². The van der Waals surface area contributed by atoms with Crippen molar-refractivity contribution < 1.29 is 14.2 Å². The average Bonchev–Trinajstić information content (AvgIpc) is 2.65. The molecule has 2 aliphatic heterocycles. The van der Waals surface area contributed by atoms with E-state index in [1.807, 2.05) is 6.07 Å². The van der Waals surface area contributed by atoms with Crippen LogP contribution in [0, 0.1) is 0 Å². The molecule has 3 nitrogen and oxygen atoms in total. The van der Waals surface area contributed by atoms with Crippen molar-refractivity contribution in [2.24, 2.45) is 0 Å². The van der Waals surface area contributed by atoms with Crippen LogP contribution in [0.5, 0.6) is 11.5 Å². The van der Waals surface area contributed by atoms with Crippen LogP contribution in [-0.2, 0) is 17.8 Å². The fourth-order valence-corrected chi connectivity index (χ4v) is 1.84. The van der Waals surface area contributed by atoms with Crippen molar-refractivity contribution in [2.45, 2.75) is 13.0 Å². The van der Waals surface area contributed by atoms with Crippen LogP contribution in [0.2, 0.25) is 0 Å². The molecule has 0 spiro atoms. The first-order valence-corrected chi connectivity index (χ1v) is 4.43. The lowest BCUT2D eigenvalue weighted by atomic mass is 10.0. The Balaban J connectivity index is 2.17. The standard InChI is InChI=1S/C10H10O3/c1-2-9-10(13-6-12-9)8-3-4-11-5-7(1)8/h1-2H,3-6H2. The summed E-state index contributed by atoms with van der Waals surface area (Å²) in [5.74, 6) is 1.81. The van der Waals surface area contributed by atoms with Gasteiger partial charge in [0.2, 0.25) is 6.79 Å². The van der Waals surface area contributed by atoms with E-state index in [-0.39, 0.29) is 0 Å². The number of hydrogen-bond donors (Lipinski definition) is 0. The van der Waals surface area contributed by atoms with Crippen molar-refractivity contribution in [3.63, 3.8) is 0 Å². The van der Waals surface area contributed by atoms with Crippen molar-refractivity contribution in [3.8, 4) is 11.5 Å². The summed E-state index contributed by atoms with van der Waals surface area (Å²) >= 11 is 0. The highest BCUT2D eigenvalue weighted by Crippen LogP contribution is 2.39. The Kier molecular flexibility index (Phi) is 1.46. The fraction of sp³-hybridized carbons (Fsp3) is 0.400. The van der Waals surface area contributed by atoms with Gasteiger partial charge in [0.05, 0.1) is 13.2 Å². The Morgan fingerprint density at radius 3 is 3.15 bits per heavy atom. The smallest absolute Gasteiger partial charge is 0.231 e. The molecule has 0 fully saturated rings. The molecule has 1 aromatic rings. The van der Waals surface area contributed by atoms with E-state index in [0.717, 1.165) is 24.5 Å². The van der Waals surface area contributed by atoms with E-state index in [4.69, 9.17) is 14.2 Å². The average molecular weight is 178 g/mol. The van der Waals surface area contributed by atoms with Gasteiger partial charge in [-0.25, -0.2) is 0 Å². The third kappa shape index (κ3) is 1.00. The van der Waals surface area contributed by atoms with Crippen molar-refractivity contribution >= 4 is 0 Å². The zero-order valence-corrected chi connectivity index (χ0v) is 7.21. The summed E-state index contributed by atoms with van der Waals surface area (Å²) < 4.78 is 16.1. The van der Waals surface area contributed by atoms with Crippen LogP contribution in [0.3, 0.4) is 0 Å². The topological polar surface area (TPSA) is 27.7 Å². The SMILES string of the molecule is c1cc2c(c3c1COCC3)OCO2. The first kappa shape index (κ1) is 7.21. The number of benzene rings is 1. The molecule has 1 aromatic carbocycles. The van der Waals surface area contributed by atoms with Gasteiger partial charge in [0, 0.05) is 5.56 Å². The first-order valence-electron chi connectivity index (χ1n) is 4.43. The normalized spacial score (nSPS) is 18.5. The van der Waals surface area contributed by atoms with Crippen molar-refractivity contribution in [1.82, 2.24) is 0 Å². The molecular weight excluding hydrogens is 168 g/mol. The molecule has 0 saturated heterocycles. The second-order valence-corrected chi connectivity index (χ2v) is 3.24. The minimum absolute atomic E-state index is 0.354. The Morgan fingerprint density at radius 1 is 1.15 bits per heavy atom. The highest BCUT2D eigenvalue weighted by molar-refractivity contribution is 5.52. The van der Waals surface area contributed by atoms with Crippen molar-refractivity contribution in [2.75, 3.05) is 13.4 Å². The van der Waals surface area contributed by atoms with Crippen LogP contribution in [0.4, 0.5) is 0 Å². The Morgan fingerprint density at radius 2 is 2.15 bits per heavy atom. The second-order valence-electron chi connectivity index (χ2n) is 3.24. The number of rotatable bonds is 0. The number of hydrogen-bond acceptors (Lipinski definition) is 3. The van der Waals surface area contributed by atoms with Crippen LogP contribution in [-0.4, -0.2) is 13.4 Å². The van der Waals surface area contributed by atoms with E-state index in [9.17, 15) is 0 Å². The second kappa shape index (κ2) is 2.64. The molecule has 0 radical (unpaired) electrons. The third-order valence-electron chi connectivity index (χ3n) is 2.49. The summed E-state index contributed by atoms with van der Waals surface area (Å²) in [7, 11) is 0. The van der Waals surface area contributed by atoms with E-state index in [0.29, 0.717) is 13.4 Å². The van der Waals surface area contributed by atoms with E-state index in [1.54, 1.807) is 0 Å². The minimum atomic E-state index is 0.354. The lowest BCUT2D eigenvalue weighted by Gasteiger charge is -2.17. The Bertz CT molecular complexity index is 346. The molecule has 0 aliphatic carbocycles. The molecule has 0 amide bonds. The molecule has 3 rings (SSSR count). The van der Waals surface area contributed by atoms with Gasteiger partial charge in [0.1, 0.15) is 0 Å². The van der Waals surface area contributed by atoms with E-state index in [2.05, 4.69) is 6.07 Å². The molecule has 2 heterocycles. The highest BCUT2D eigenvalue weighted by Gasteiger charge is 2.22. The van der Waals surface area contributed by atoms with Gasteiger partial charge in [0.25, 0.3) is 0 Å². The Labute approximate surface area is 76.2 Å². The molecule has 3 heteroatoms. The number of ether oxygens (including phenoxy) is 3. The fourth-order valence-electron chi connectivity index (χ4n) is 1.84. The molecule has 68 valence electrons. The van der Waals surface area contributed by atoms with Gasteiger partial charge in [-0.3, -0.25) is 0 Å². The lowest BCUT2D eigenvalue weighted by Crippen LogP contribution is -2.10.